The van der Waals surface area contributed by atoms with Gasteiger partial charge in [-0.15, -0.1) is 0 Å². The van der Waals surface area contributed by atoms with Crippen molar-refractivity contribution in [3.63, 3.8) is 0 Å². The summed E-state index contributed by atoms with van der Waals surface area (Å²) in [6, 6.07) is 0. The van der Waals surface area contributed by atoms with Crippen molar-refractivity contribution in [1.82, 2.24) is 0 Å². The highest BCUT2D eigenvalue weighted by Gasteiger charge is 2.85. The molecule has 5 aliphatic carbocycles. The van der Waals surface area contributed by atoms with E-state index in [1.54, 1.807) is 13.8 Å². The van der Waals surface area contributed by atoms with Crippen LogP contribution in [0.5, 0.6) is 0 Å². The zero-order valence-electron chi connectivity index (χ0n) is 33.6. The molecular formula is C41H68O14. The SMILES string of the molecule is CC(C)(O)[C@@H]1CC[C@](C)(C2[C@@H](O)C[C@@]3(C)[C@@H]4C[C@H](O)[C@H]5C(C)(C)[C@@H](O[C@@H]6OC[C@@H](O)[C@H](O)[C@H]6O[C@@H]6O[C@H](CO)[C@@H](O)[C@H](O)[C@H]6O)CC[C@@]56C[C@@]46CC[C@]23C)O1. The molecule has 9 N–H and O–H groups in total. The van der Waals surface area contributed by atoms with Crippen LogP contribution in [0.4, 0.5) is 0 Å². The standard InChI is InChI=1S/C41H68O14/c1-35(2)24(53-34-30(26(46)21(45)17-51-34)54-33-29(49)28(48)27(47)22(16-42)52-33)9-11-41-18-40(41)13-12-37(5)32(39(7)10-8-25(55-39)36(3,4)50)20(44)15-38(37,6)23(40)14-19(43)31(35)41/h19-34,42-50H,8-18H2,1-7H3/t19-,20-,21+,22+,23-,24-,25-,26-,27+,28-,29+,30+,31-,32?,33-,34-,37+,38-,39+,40-,41+/m0/s1. The summed E-state index contributed by atoms with van der Waals surface area (Å²) in [4.78, 5) is 0. The average molecular weight is 785 g/mol. The minimum atomic E-state index is -1.72. The van der Waals surface area contributed by atoms with Crippen LogP contribution in [0.15, 0.2) is 0 Å². The zero-order valence-corrected chi connectivity index (χ0v) is 33.6. The summed E-state index contributed by atoms with van der Waals surface area (Å²) < 4.78 is 30.9. The zero-order chi connectivity index (χ0) is 40.1. The molecule has 2 spiro atoms. The molecule has 0 aromatic carbocycles. The summed E-state index contributed by atoms with van der Waals surface area (Å²) in [7, 11) is 0. The first-order valence-corrected chi connectivity index (χ1v) is 20.9. The predicted octanol–water partition coefficient (Wildman–Crippen LogP) is 0.724. The van der Waals surface area contributed by atoms with Crippen LogP contribution in [0.25, 0.3) is 0 Å². The first kappa shape index (κ1) is 41.2. The van der Waals surface area contributed by atoms with Crippen LogP contribution in [-0.4, -0.2) is 150 Å². The molecule has 0 aromatic rings. The lowest BCUT2D eigenvalue weighted by molar-refractivity contribution is -0.366. The van der Waals surface area contributed by atoms with Crippen molar-refractivity contribution in [2.45, 2.75) is 197 Å². The molecule has 0 amide bonds. The Labute approximate surface area is 324 Å². The Morgan fingerprint density at radius 2 is 1.42 bits per heavy atom. The highest BCUT2D eigenvalue weighted by atomic mass is 16.8. The lowest BCUT2D eigenvalue weighted by Gasteiger charge is -2.64. The summed E-state index contributed by atoms with van der Waals surface area (Å²) in [6.45, 7) is 13.8. The van der Waals surface area contributed by atoms with Crippen molar-refractivity contribution >= 4 is 0 Å². The van der Waals surface area contributed by atoms with E-state index in [1.807, 2.05) is 0 Å². The molecule has 8 aliphatic rings. The van der Waals surface area contributed by atoms with Crippen LogP contribution >= 0.6 is 0 Å². The molecular weight excluding hydrogens is 716 g/mol. The number of ether oxygens (including phenoxy) is 5. The van der Waals surface area contributed by atoms with Crippen molar-refractivity contribution < 1.29 is 69.6 Å². The highest BCUT2D eigenvalue weighted by Crippen LogP contribution is 2.89. The van der Waals surface area contributed by atoms with Gasteiger partial charge in [0.15, 0.2) is 12.6 Å². The third-order valence-corrected chi connectivity index (χ3v) is 17.6. The Bertz CT molecular complexity index is 1460. The first-order valence-electron chi connectivity index (χ1n) is 20.9. The number of hydrogen-bond donors (Lipinski definition) is 9. The molecule has 1 unspecified atom stereocenters. The van der Waals surface area contributed by atoms with Gasteiger partial charge in [0.25, 0.3) is 0 Å². The summed E-state index contributed by atoms with van der Waals surface area (Å²) >= 11 is 0. The van der Waals surface area contributed by atoms with E-state index in [2.05, 4.69) is 34.6 Å². The lowest BCUT2D eigenvalue weighted by Crippen LogP contribution is -2.64. The molecule has 14 heteroatoms. The molecule has 0 bridgehead atoms. The van der Waals surface area contributed by atoms with Crippen LogP contribution < -0.4 is 0 Å². The van der Waals surface area contributed by atoms with E-state index in [0.717, 1.165) is 38.5 Å². The molecule has 3 saturated heterocycles. The van der Waals surface area contributed by atoms with Crippen LogP contribution in [-0.2, 0) is 23.7 Å². The number of aliphatic hydroxyl groups excluding tert-OH is 8. The molecule has 3 aliphatic heterocycles. The second kappa shape index (κ2) is 13.2. The molecule has 55 heavy (non-hydrogen) atoms. The van der Waals surface area contributed by atoms with Gasteiger partial charge >= 0.3 is 0 Å². The fourth-order valence-corrected chi connectivity index (χ4v) is 14.9. The molecule has 8 fully saturated rings. The minimum Gasteiger partial charge on any atom is -0.394 e. The van der Waals surface area contributed by atoms with Gasteiger partial charge in [-0.25, -0.2) is 0 Å². The Hall–Kier alpha value is -0.560. The quantitative estimate of drug-likeness (QED) is 0.162. The van der Waals surface area contributed by atoms with Gasteiger partial charge in [0.2, 0.25) is 0 Å². The normalized spacial score (nSPS) is 58.7. The van der Waals surface area contributed by atoms with Crippen LogP contribution in [0.2, 0.25) is 0 Å². The maximum atomic E-state index is 12.4. The third-order valence-electron chi connectivity index (χ3n) is 17.6. The molecule has 5 saturated carbocycles. The predicted molar refractivity (Wildman–Crippen MR) is 194 cm³/mol. The van der Waals surface area contributed by atoms with Crippen molar-refractivity contribution in [3.8, 4) is 0 Å². The van der Waals surface area contributed by atoms with E-state index in [9.17, 15) is 46.0 Å². The van der Waals surface area contributed by atoms with E-state index in [0.29, 0.717) is 19.3 Å². The second-order valence-electron chi connectivity index (χ2n) is 21.1. The fraction of sp³-hybridized carbons (Fsp3) is 1.00. The molecule has 0 radical (unpaired) electrons. The topological polar surface area (TPSA) is 228 Å². The largest absolute Gasteiger partial charge is 0.394 e. The third kappa shape index (κ3) is 5.70. The van der Waals surface area contributed by atoms with Crippen LogP contribution in [0.1, 0.15) is 106 Å². The number of aliphatic hydroxyl groups is 9. The van der Waals surface area contributed by atoms with Gasteiger partial charge in [0.05, 0.1) is 48.8 Å². The molecule has 316 valence electrons. The van der Waals surface area contributed by atoms with Gasteiger partial charge < -0.3 is 69.6 Å². The summed E-state index contributed by atoms with van der Waals surface area (Å²) in [5, 5.41) is 97.9. The maximum Gasteiger partial charge on any atom is 0.187 e. The van der Waals surface area contributed by atoms with E-state index >= 15 is 0 Å². The smallest absolute Gasteiger partial charge is 0.187 e. The number of fused-ring (bicyclic) bond motifs is 2. The monoisotopic (exact) mass is 784 g/mol. The van der Waals surface area contributed by atoms with Gasteiger partial charge in [0.1, 0.15) is 42.7 Å². The number of hydrogen-bond acceptors (Lipinski definition) is 14. The van der Waals surface area contributed by atoms with Crippen molar-refractivity contribution in [1.29, 1.82) is 0 Å². The van der Waals surface area contributed by atoms with Gasteiger partial charge in [0, 0.05) is 5.92 Å². The molecule has 3 heterocycles. The second-order valence-corrected chi connectivity index (χ2v) is 21.1. The van der Waals surface area contributed by atoms with Crippen LogP contribution in [0, 0.1) is 44.8 Å². The first-order chi connectivity index (χ1) is 25.5. The number of rotatable bonds is 7. The van der Waals surface area contributed by atoms with Gasteiger partial charge in [-0.05, 0) is 117 Å². The van der Waals surface area contributed by atoms with Crippen molar-refractivity contribution in [2.24, 2.45) is 44.8 Å². The van der Waals surface area contributed by atoms with E-state index in [-0.39, 0.29) is 52.1 Å². The fourth-order valence-electron chi connectivity index (χ4n) is 14.9. The Balaban J connectivity index is 1.02. The summed E-state index contributed by atoms with van der Waals surface area (Å²) in [5.41, 5.74) is -2.64. The molecule has 8 rings (SSSR count). The van der Waals surface area contributed by atoms with Gasteiger partial charge in [-0.3, -0.25) is 0 Å². The highest BCUT2D eigenvalue weighted by molar-refractivity contribution is 5.33. The van der Waals surface area contributed by atoms with Crippen molar-refractivity contribution in [2.75, 3.05) is 13.2 Å². The Kier molecular flexibility index (Phi) is 9.90. The maximum absolute atomic E-state index is 12.4. The average Bonchev–Trinajstić information content (AvgIpc) is 3.45. The molecule has 21 atom stereocenters. The van der Waals surface area contributed by atoms with Crippen LogP contribution in [0.3, 0.4) is 0 Å². The van der Waals surface area contributed by atoms with Gasteiger partial charge in [-0.1, -0.05) is 27.7 Å². The summed E-state index contributed by atoms with van der Waals surface area (Å²) in [5.74, 6) is 0.0159. The van der Waals surface area contributed by atoms with E-state index < -0.39 is 96.8 Å². The Morgan fingerprint density at radius 3 is 2.07 bits per heavy atom. The summed E-state index contributed by atoms with van der Waals surface area (Å²) in [6.07, 6.45) is -7.87. The van der Waals surface area contributed by atoms with Gasteiger partial charge in [-0.2, -0.15) is 0 Å². The van der Waals surface area contributed by atoms with E-state index in [4.69, 9.17) is 23.7 Å². The minimum absolute atomic E-state index is 0.0193. The van der Waals surface area contributed by atoms with E-state index in [1.165, 1.54) is 0 Å². The lowest BCUT2D eigenvalue weighted by atomic mass is 9.41. The van der Waals surface area contributed by atoms with Crippen molar-refractivity contribution in [3.05, 3.63) is 0 Å². The molecule has 0 aromatic heterocycles. The Morgan fingerprint density at radius 1 is 0.709 bits per heavy atom. The molecule has 14 nitrogen and oxygen atoms in total.